The molecule has 0 fully saturated rings. The molecule has 2 aromatic carbocycles. The summed E-state index contributed by atoms with van der Waals surface area (Å²) in [5, 5.41) is 60.3. The molecule has 0 spiro atoms. The van der Waals surface area contributed by atoms with Crippen LogP contribution in [0.4, 0.5) is 0 Å². The van der Waals surface area contributed by atoms with E-state index in [-0.39, 0.29) is 10.1 Å². The van der Waals surface area contributed by atoms with Crippen LogP contribution in [-0.2, 0) is 0 Å². The first kappa shape index (κ1) is 22.2. The van der Waals surface area contributed by atoms with E-state index >= 15 is 0 Å². The zero-order valence-electron chi connectivity index (χ0n) is 14.5. The molecule has 0 aliphatic rings. The van der Waals surface area contributed by atoms with E-state index in [0.717, 1.165) is 0 Å². The number of hydrogen-bond donors (Lipinski definition) is 6. The zero-order chi connectivity index (χ0) is 20.8. The van der Waals surface area contributed by atoms with Crippen LogP contribution in [0.2, 0.25) is 0 Å². The summed E-state index contributed by atoms with van der Waals surface area (Å²) in [6, 6.07) is 16.3. The zero-order valence-corrected chi connectivity index (χ0v) is 16.0. The summed E-state index contributed by atoms with van der Waals surface area (Å²) in [4.78, 5) is 0. The van der Waals surface area contributed by atoms with Crippen LogP contribution < -0.4 is 0 Å². The number of rotatable bonds is 7. The van der Waals surface area contributed by atoms with Crippen molar-refractivity contribution >= 4 is 33.3 Å². The molecule has 150 valence electrons. The Morgan fingerprint density at radius 3 is 1.14 bits per heavy atom. The fourth-order valence-corrected chi connectivity index (χ4v) is 2.90. The predicted molar refractivity (Wildman–Crippen MR) is 108 cm³/mol. The second kappa shape index (κ2) is 9.93. The Bertz CT molecular complexity index is 767. The third kappa shape index (κ3) is 5.05. The molecule has 2 rings (SSSR count). The Hall–Kier alpha value is -2.06. The first-order valence-corrected chi connectivity index (χ1v) is 9.01. The highest BCUT2D eigenvalue weighted by atomic mass is 35.5. The van der Waals surface area contributed by atoms with Gasteiger partial charge in [0.05, 0.1) is 10.1 Å². The second-order valence-electron chi connectivity index (χ2n) is 6.00. The molecule has 4 atom stereocenters. The van der Waals surface area contributed by atoms with E-state index in [9.17, 15) is 30.6 Å². The van der Waals surface area contributed by atoms with E-state index in [0.29, 0.717) is 11.1 Å². The van der Waals surface area contributed by atoms with E-state index in [4.69, 9.17) is 23.2 Å². The van der Waals surface area contributed by atoms with Crippen LogP contribution in [-0.4, -0.2) is 55.1 Å². The molecule has 0 unspecified atom stereocenters. The SMILES string of the molecule is OC(=C(Cl)c1ccccc1)[C@@H](O)[C@@H](O)[C@H](O)[C@@H](O)C(O)=C(Cl)c1ccccc1. The van der Waals surface area contributed by atoms with Crippen molar-refractivity contribution < 1.29 is 30.6 Å². The maximum Gasteiger partial charge on any atom is 0.143 e. The van der Waals surface area contributed by atoms with Gasteiger partial charge in [-0.1, -0.05) is 83.9 Å². The van der Waals surface area contributed by atoms with Gasteiger partial charge >= 0.3 is 0 Å². The predicted octanol–water partition coefficient (Wildman–Crippen LogP) is 2.76. The number of aliphatic hydroxyl groups excluding tert-OH is 6. The van der Waals surface area contributed by atoms with Crippen LogP contribution in [0.25, 0.3) is 10.1 Å². The van der Waals surface area contributed by atoms with E-state index in [1.165, 1.54) is 0 Å². The van der Waals surface area contributed by atoms with Crippen LogP contribution in [0.5, 0.6) is 0 Å². The van der Waals surface area contributed by atoms with Crippen molar-refractivity contribution in [3.05, 3.63) is 83.3 Å². The van der Waals surface area contributed by atoms with Crippen molar-refractivity contribution in [1.82, 2.24) is 0 Å². The van der Waals surface area contributed by atoms with Crippen LogP contribution in [0.1, 0.15) is 11.1 Å². The normalized spacial score (nSPS) is 17.8. The number of hydrogen-bond acceptors (Lipinski definition) is 6. The quantitative estimate of drug-likeness (QED) is 0.378. The van der Waals surface area contributed by atoms with Crippen molar-refractivity contribution in [2.75, 3.05) is 0 Å². The van der Waals surface area contributed by atoms with Gasteiger partial charge in [0.25, 0.3) is 0 Å². The Morgan fingerprint density at radius 1 is 0.571 bits per heavy atom. The van der Waals surface area contributed by atoms with Gasteiger partial charge in [-0.3, -0.25) is 0 Å². The summed E-state index contributed by atoms with van der Waals surface area (Å²) in [6.07, 6.45) is -8.20. The molecule has 0 aliphatic heterocycles. The summed E-state index contributed by atoms with van der Waals surface area (Å²) in [6.45, 7) is 0. The van der Waals surface area contributed by atoms with Gasteiger partial charge in [0.15, 0.2) is 0 Å². The van der Waals surface area contributed by atoms with Gasteiger partial charge < -0.3 is 30.6 Å². The minimum atomic E-state index is -2.07. The van der Waals surface area contributed by atoms with Crippen molar-refractivity contribution in [3.8, 4) is 0 Å². The number of aliphatic hydroxyl groups is 6. The Labute approximate surface area is 171 Å². The topological polar surface area (TPSA) is 121 Å². The smallest absolute Gasteiger partial charge is 0.143 e. The molecule has 6 nitrogen and oxygen atoms in total. The van der Waals surface area contributed by atoms with Crippen LogP contribution in [0.3, 0.4) is 0 Å². The molecule has 28 heavy (non-hydrogen) atoms. The summed E-state index contributed by atoms with van der Waals surface area (Å²) in [7, 11) is 0. The monoisotopic (exact) mass is 426 g/mol. The molecule has 0 saturated carbocycles. The Morgan fingerprint density at radius 2 is 0.857 bits per heavy atom. The van der Waals surface area contributed by atoms with Crippen molar-refractivity contribution in [1.29, 1.82) is 0 Å². The van der Waals surface area contributed by atoms with E-state index < -0.39 is 35.9 Å². The summed E-state index contributed by atoms with van der Waals surface area (Å²) in [5.41, 5.74) is 0.746. The van der Waals surface area contributed by atoms with Gasteiger partial charge in [0, 0.05) is 0 Å². The Balaban J connectivity index is 2.21. The third-order valence-corrected chi connectivity index (χ3v) is 4.89. The lowest BCUT2D eigenvalue weighted by Gasteiger charge is -2.26. The molecule has 0 aromatic heterocycles. The standard InChI is InChI=1S/C20H20Cl2O6/c21-13(11-7-3-1-4-8-11)15(23)17(25)19(27)20(28)18(26)16(24)14(22)12-9-5-2-6-10-12/h1-10,17-20,23-28H/t17-,18+,19-,20-/m1/s1. The average molecular weight is 427 g/mol. The van der Waals surface area contributed by atoms with Crippen LogP contribution >= 0.6 is 23.2 Å². The minimum absolute atomic E-state index is 0.240. The van der Waals surface area contributed by atoms with Gasteiger partial charge in [0.1, 0.15) is 35.9 Å². The average Bonchev–Trinajstić information content (AvgIpc) is 2.76. The lowest BCUT2D eigenvalue weighted by atomic mass is 9.98. The fraction of sp³-hybridized carbons (Fsp3) is 0.200. The van der Waals surface area contributed by atoms with Gasteiger partial charge in [-0.25, -0.2) is 0 Å². The molecule has 0 saturated heterocycles. The molecule has 0 aliphatic carbocycles. The fourth-order valence-electron chi connectivity index (χ4n) is 2.42. The van der Waals surface area contributed by atoms with Crippen molar-refractivity contribution in [2.45, 2.75) is 24.4 Å². The third-order valence-electron chi connectivity index (χ3n) is 4.06. The van der Waals surface area contributed by atoms with Crippen molar-refractivity contribution in [3.63, 3.8) is 0 Å². The summed E-state index contributed by atoms with van der Waals surface area (Å²) >= 11 is 12.0. The van der Waals surface area contributed by atoms with Gasteiger partial charge in [-0.15, -0.1) is 0 Å². The van der Waals surface area contributed by atoms with Gasteiger partial charge in [0.2, 0.25) is 0 Å². The highest BCUT2D eigenvalue weighted by molar-refractivity contribution is 6.49. The summed E-state index contributed by atoms with van der Waals surface area (Å²) in [5.74, 6) is -1.60. The van der Waals surface area contributed by atoms with Crippen LogP contribution in [0, 0.1) is 0 Å². The summed E-state index contributed by atoms with van der Waals surface area (Å²) < 4.78 is 0. The largest absolute Gasteiger partial charge is 0.508 e. The van der Waals surface area contributed by atoms with E-state index in [2.05, 4.69) is 0 Å². The molecular formula is C20H20Cl2O6. The second-order valence-corrected chi connectivity index (χ2v) is 6.76. The van der Waals surface area contributed by atoms with Crippen LogP contribution in [0.15, 0.2) is 72.2 Å². The first-order valence-electron chi connectivity index (χ1n) is 8.26. The lowest BCUT2D eigenvalue weighted by molar-refractivity contribution is -0.0997. The lowest BCUT2D eigenvalue weighted by Crippen LogP contribution is -2.46. The molecule has 2 aromatic rings. The van der Waals surface area contributed by atoms with E-state index in [1.807, 2.05) is 0 Å². The molecule has 0 bridgehead atoms. The molecular weight excluding hydrogens is 407 g/mol. The molecule has 8 heteroatoms. The maximum atomic E-state index is 10.1. The molecule has 0 amide bonds. The Kier molecular flexibility index (Phi) is 7.88. The van der Waals surface area contributed by atoms with Gasteiger partial charge in [-0.05, 0) is 11.1 Å². The maximum absolute atomic E-state index is 10.1. The minimum Gasteiger partial charge on any atom is -0.508 e. The highest BCUT2D eigenvalue weighted by Crippen LogP contribution is 2.28. The molecule has 0 radical (unpaired) electrons. The molecule has 0 heterocycles. The van der Waals surface area contributed by atoms with Crippen molar-refractivity contribution in [2.24, 2.45) is 0 Å². The first-order chi connectivity index (χ1) is 13.3. The number of benzene rings is 2. The van der Waals surface area contributed by atoms with Gasteiger partial charge in [-0.2, -0.15) is 0 Å². The highest BCUT2D eigenvalue weighted by Gasteiger charge is 2.36. The molecule has 6 N–H and O–H groups in total. The number of halogens is 2. The van der Waals surface area contributed by atoms with E-state index in [1.54, 1.807) is 60.7 Å².